The molecule has 5 unspecified atom stereocenters. The first-order valence-corrected chi connectivity index (χ1v) is 12.4. The highest BCUT2D eigenvalue weighted by Gasteiger charge is 2.32. The number of phenolic OH excluding ortho intramolecular Hbond substituents is 1. The van der Waals surface area contributed by atoms with E-state index in [1.54, 1.807) is 24.3 Å². The Morgan fingerprint density at radius 3 is 2.58 bits per heavy atom. The maximum Gasteiger partial charge on any atom is 0.322 e. The molecular formula is C25H31N7O8. The molecule has 214 valence electrons. The number of aliphatic carboxylic acids is 1. The van der Waals surface area contributed by atoms with Crippen molar-refractivity contribution in [3.8, 4) is 5.75 Å². The lowest BCUT2D eigenvalue weighted by Crippen LogP contribution is -2.53. The number of aromatic hydroxyl groups is 1. The van der Waals surface area contributed by atoms with Crippen LogP contribution in [0.5, 0.6) is 5.75 Å². The molecule has 0 bridgehead atoms. The maximum absolute atomic E-state index is 12.3. The fraction of sp³-hybridized carbons (Fsp3) is 0.360. The number of guanidine groups is 1. The molecule has 0 fully saturated rings. The number of hydrogen-bond acceptors (Lipinski definition) is 13. The second-order valence-corrected chi connectivity index (χ2v) is 9.21. The molecule has 0 radical (unpaired) electrons. The largest absolute Gasteiger partial charge is 0.508 e. The molecular weight excluding hydrogens is 526 g/mol. The average Bonchev–Trinajstić information content (AvgIpc) is 3.27. The first kappa shape index (κ1) is 28.9. The predicted molar refractivity (Wildman–Crippen MR) is 143 cm³/mol. The van der Waals surface area contributed by atoms with Gasteiger partial charge in [0.25, 0.3) is 0 Å². The third-order valence-corrected chi connectivity index (χ3v) is 6.14. The minimum Gasteiger partial charge on any atom is -0.508 e. The van der Waals surface area contributed by atoms with Crippen LogP contribution in [0.4, 0.5) is 11.4 Å². The van der Waals surface area contributed by atoms with Crippen molar-refractivity contribution >= 4 is 34.9 Å². The Hall–Kier alpha value is -4.12. The van der Waals surface area contributed by atoms with Crippen molar-refractivity contribution in [3.63, 3.8) is 0 Å². The molecule has 2 aromatic carbocycles. The van der Waals surface area contributed by atoms with Gasteiger partial charge in [-0.2, -0.15) is 0 Å². The number of fused-ring (bicyclic) bond motifs is 1. The number of carboxylic acid groups (broad SMARTS) is 1. The molecule has 2 heterocycles. The van der Waals surface area contributed by atoms with Gasteiger partial charge in [-0.15, -0.1) is 0 Å². The van der Waals surface area contributed by atoms with E-state index < -0.39 is 55.7 Å². The lowest BCUT2D eigenvalue weighted by Gasteiger charge is -2.22. The monoisotopic (exact) mass is 557 g/mol. The Kier molecular flexibility index (Phi) is 9.26. The molecule has 40 heavy (non-hydrogen) atoms. The van der Waals surface area contributed by atoms with Crippen LogP contribution >= 0.6 is 0 Å². The molecule has 0 saturated heterocycles. The van der Waals surface area contributed by atoms with Crippen molar-refractivity contribution < 1.29 is 40.2 Å². The summed E-state index contributed by atoms with van der Waals surface area (Å²) in [4.78, 5) is 32.3. The molecule has 4 rings (SSSR count). The molecule has 2 aliphatic rings. The number of anilines is 1. The summed E-state index contributed by atoms with van der Waals surface area (Å²) in [5, 5.41) is 73.7. The van der Waals surface area contributed by atoms with Crippen LogP contribution in [0.15, 0.2) is 52.4 Å². The highest BCUT2D eigenvalue weighted by Crippen LogP contribution is 2.34. The number of carbonyl (C=O) groups is 2. The molecule has 15 nitrogen and oxygen atoms in total. The first-order chi connectivity index (χ1) is 19.1. The normalized spacial score (nSPS) is 20.3. The van der Waals surface area contributed by atoms with Crippen LogP contribution in [0, 0.1) is 0 Å². The highest BCUT2D eigenvalue weighted by atomic mass is 16.4. The number of aliphatic hydroxyl groups excluding tert-OH is 4. The molecule has 0 spiro atoms. The minimum absolute atomic E-state index is 0.0625. The van der Waals surface area contributed by atoms with E-state index in [0.717, 1.165) is 0 Å². The van der Waals surface area contributed by atoms with Crippen molar-refractivity contribution in [2.24, 2.45) is 9.98 Å². The van der Waals surface area contributed by atoms with E-state index in [9.17, 15) is 40.2 Å². The Labute approximate surface area is 228 Å². The van der Waals surface area contributed by atoms with Crippen LogP contribution in [-0.4, -0.2) is 98.7 Å². The van der Waals surface area contributed by atoms with Gasteiger partial charge in [-0.05, 0) is 18.2 Å². The van der Waals surface area contributed by atoms with E-state index in [1.165, 1.54) is 18.2 Å². The van der Waals surface area contributed by atoms with E-state index in [2.05, 4.69) is 36.6 Å². The number of rotatable bonds is 11. The third-order valence-electron chi connectivity index (χ3n) is 6.14. The topological polar surface area (TPSA) is 240 Å². The van der Waals surface area contributed by atoms with Crippen molar-refractivity contribution in [2.75, 3.05) is 31.5 Å². The second kappa shape index (κ2) is 12.8. The SMILES string of the molecule is O=C(CNC(O)c1cc(O)cc(NC2=NCC(O)CN2)c1)NCC(NC(O)C1=Nc2ccccc2C1O)C(=O)O. The van der Waals surface area contributed by atoms with E-state index in [0.29, 0.717) is 29.4 Å². The van der Waals surface area contributed by atoms with Gasteiger partial charge < -0.3 is 46.6 Å². The molecule has 5 atom stereocenters. The lowest BCUT2D eigenvalue weighted by molar-refractivity contribution is -0.140. The van der Waals surface area contributed by atoms with Gasteiger partial charge in [0, 0.05) is 36.0 Å². The third kappa shape index (κ3) is 7.29. The fourth-order valence-corrected chi connectivity index (χ4v) is 4.09. The maximum atomic E-state index is 12.3. The Morgan fingerprint density at radius 1 is 1.10 bits per heavy atom. The average molecular weight is 558 g/mol. The molecule has 2 aliphatic heterocycles. The van der Waals surface area contributed by atoms with Crippen molar-refractivity contribution in [3.05, 3.63) is 53.6 Å². The number of phenols is 1. The number of hydrogen-bond donors (Lipinski definition) is 11. The van der Waals surface area contributed by atoms with Gasteiger partial charge in [-0.1, -0.05) is 18.2 Å². The zero-order valence-electron chi connectivity index (χ0n) is 21.2. The number of benzene rings is 2. The standard InChI is InChI=1S/C25H31N7O8/c33-14-6-12(5-13(7-14)30-25-28-8-15(34)9-29-25)22(37)27-11-19(35)26-10-18(24(39)40)32-23(38)20-21(36)16-3-1-2-4-17(16)31-20/h1-7,15,18,21-23,27,32-34,36-38H,8-11H2,(H,26,35)(H,39,40)(H2,28,29,30). The summed E-state index contributed by atoms with van der Waals surface area (Å²) in [6.45, 7) is -0.299. The molecule has 0 saturated carbocycles. The number of aliphatic imine (C=N–C) groups is 2. The molecule has 2 aromatic rings. The zero-order valence-corrected chi connectivity index (χ0v) is 21.2. The van der Waals surface area contributed by atoms with Crippen LogP contribution in [0.25, 0.3) is 0 Å². The number of para-hydroxylation sites is 1. The van der Waals surface area contributed by atoms with Crippen molar-refractivity contribution in [1.29, 1.82) is 0 Å². The van der Waals surface area contributed by atoms with Gasteiger partial charge in [0.1, 0.15) is 30.4 Å². The van der Waals surface area contributed by atoms with Gasteiger partial charge >= 0.3 is 5.97 Å². The summed E-state index contributed by atoms with van der Waals surface area (Å²) in [6, 6.07) is 9.51. The van der Waals surface area contributed by atoms with E-state index >= 15 is 0 Å². The molecule has 0 aromatic heterocycles. The van der Waals surface area contributed by atoms with E-state index in [-0.39, 0.29) is 23.6 Å². The Balaban J connectivity index is 1.27. The van der Waals surface area contributed by atoms with Gasteiger partial charge in [0.05, 0.1) is 30.6 Å². The van der Waals surface area contributed by atoms with Gasteiger partial charge in [0.15, 0.2) is 5.96 Å². The summed E-state index contributed by atoms with van der Waals surface area (Å²) >= 11 is 0. The second-order valence-electron chi connectivity index (χ2n) is 9.21. The number of amides is 1. The molecule has 15 heteroatoms. The van der Waals surface area contributed by atoms with Gasteiger partial charge in [0.2, 0.25) is 5.91 Å². The number of nitrogens with zero attached hydrogens (tertiary/aromatic N) is 2. The number of carbonyl (C=O) groups excluding carboxylic acids is 1. The Bertz CT molecular complexity index is 1300. The summed E-state index contributed by atoms with van der Waals surface area (Å²) in [6.07, 6.45) is -4.75. The molecule has 11 N–H and O–H groups in total. The van der Waals surface area contributed by atoms with Crippen LogP contribution < -0.4 is 26.6 Å². The van der Waals surface area contributed by atoms with Crippen LogP contribution in [0.1, 0.15) is 23.5 Å². The molecule has 0 aliphatic carbocycles. The van der Waals surface area contributed by atoms with E-state index in [1.807, 2.05) is 0 Å². The smallest absolute Gasteiger partial charge is 0.322 e. The molecule has 1 amide bonds. The summed E-state index contributed by atoms with van der Waals surface area (Å²) in [7, 11) is 0. The summed E-state index contributed by atoms with van der Waals surface area (Å²) in [5.74, 6) is -1.78. The fourth-order valence-electron chi connectivity index (χ4n) is 4.09. The summed E-state index contributed by atoms with van der Waals surface area (Å²) in [5.41, 5.74) is 1.52. The summed E-state index contributed by atoms with van der Waals surface area (Å²) < 4.78 is 0. The lowest BCUT2D eigenvalue weighted by atomic mass is 10.1. The number of carboxylic acids is 1. The minimum atomic E-state index is -1.59. The first-order valence-electron chi connectivity index (χ1n) is 12.4. The van der Waals surface area contributed by atoms with Crippen molar-refractivity contribution in [2.45, 2.75) is 30.7 Å². The predicted octanol–water partition coefficient (Wildman–Crippen LogP) is -2.00. The van der Waals surface area contributed by atoms with Gasteiger partial charge in [-0.25, -0.2) is 0 Å². The zero-order chi connectivity index (χ0) is 28.8. The van der Waals surface area contributed by atoms with Crippen LogP contribution in [0.3, 0.4) is 0 Å². The van der Waals surface area contributed by atoms with Gasteiger partial charge in [-0.3, -0.25) is 30.2 Å². The van der Waals surface area contributed by atoms with Crippen LogP contribution in [0.2, 0.25) is 0 Å². The van der Waals surface area contributed by atoms with Crippen molar-refractivity contribution in [1.82, 2.24) is 21.3 Å². The quantitative estimate of drug-likeness (QED) is 0.135. The van der Waals surface area contributed by atoms with Crippen LogP contribution in [-0.2, 0) is 9.59 Å². The Morgan fingerprint density at radius 2 is 1.88 bits per heavy atom. The number of nitrogens with one attached hydrogen (secondary N) is 5. The number of aliphatic hydroxyl groups is 4. The number of β-amino-alcohol motifs (C(OH)–C–C–N with tert-alkyl or cyclic N) is 1. The van der Waals surface area contributed by atoms with E-state index in [4.69, 9.17) is 0 Å². The highest BCUT2D eigenvalue weighted by molar-refractivity contribution is 5.99.